The van der Waals surface area contributed by atoms with Crippen molar-refractivity contribution in [3.05, 3.63) is 48.0 Å². The van der Waals surface area contributed by atoms with Gasteiger partial charge in [0.25, 0.3) is 5.91 Å². The third-order valence-electron chi connectivity index (χ3n) is 4.38. The molecular weight excluding hydrogens is 397 g/mol. The van der Waals surface area contributed by atoms with E-state index in [1.807, 2.05) is 0 Å². The molecule has 0 radical (unpaired) electrons. The second-order valence-corrected chi connectivity index (χ2v) is 8.55. The van der Waals surface area contributed by atoms with Gasteiger partial charge in [0, 0.05) is 31.5 Å². The third kappa shape index (κ3) is 4.46. The normalized spacial score (nSPS) is 16.4. The number of anilines is 1. The van der Waals surface area contributed by atoms with Gasteiger partial charge >= 0.3 is 6.18 Å². The van der Waals surface area contributed by atoms with Crippen LogP contribution in [0.1, 0.15) is 22.6 Å². The van der Waals surface area contributed by atoms with E-state index in [0.29, 0.717) is 24.2 Å². The Morgan fingerprint density at radius 3 is 2.50 bits per heavy atom. The molecule has 0 atom stereocenters. The second-order valence-electron chi connectivity index (χ2n) is 6.54. The minimum absolute atomic E-state index is 0.0931. The fraction of sp³-hybridized carbons (Fsp3) is 0.412. The smallest absolute Gasteiger partial charge is 0.334 e. The summed E-state index contributed by atoms with van der Waals surface area (Å²) in [4.78, 5) is 17.7. The Morgan fingerprint density at radius 2 is 1.93 bits per heavy atom. The van der Waals surface area contributed by atoms with Crippen LogP contribution in [0.3, 0.4) is 0 Å². The highest BCUT2D eigenvalue weighted by Crippen LogP contribution is 2.24. The van der Waals surface area contributed by atoms with Gasteiger partial charge in [0.05, 0.1) is 18.0 Å². The molecule has 7 nitrogen and oxygen atoms in total. The van der Waals surface area contributed by atoms with E-state index in [0.717, 1.165) is 4.57 Å². The SMILES string of the molecule is CN(Cc1nccn1CC(F)(F)F)C(=O)c1ccc(N2CCCS2(=O)=O)cc1. The first kappa shape index (κ1) is 20.2. The number of alkyl halides is 3. The van der Waals surface area contributed by atoms with E-state index >= 15 is 0 Å². The maximum Gasteiger partial charge on any atom is 0.406 e. The minimum Gasteiger partial charge on any atom is -0.334 e. The van der Waals surface area contributed by atoms with E-state index < -0.39 is 28.7 Å². The number of nitrogens with zero attached hydrogens (tertiary/aromatic N) is 4. The molecule has 1 aliphatic rings. The second kappa shape index (κ2) is 7.46. The van der Waals surface area contributed by atoms with E-state index in [1.165, 1.54) is 40.8 Å². The van der Waals surface area contributed by atoms with Gasteiger partial charge in [-0.05, 0) is 30.7 Å². The molecule has 11 heteroatoms. The van der Waals surface area contributed by atoms with Gasteiger partial charge in [-0.1, -0.05) is 0 Å². The largest absolute Gasteiger partial charge is 0.406 e. The van der Waals surface area contributed by atoms with Crippen LogP contribution < -0.4 is 4.31 Å². The van der Waals surface area contributed by atoms with E-state index in [1.54, 1.807) is 12.1 Å². The molecular formula is C17H19F3N4O3S. The standard InChI is InChI=1S/C17H19F3N4O3S/c1-22(11-15-21-7-9-23(15)12-17(18,19)20)16(25)13-3-5-14(6-4-13)24-8-2-10-28(24,26)27/h3-7,9H,2,8,10-12H2,1H3. The zero-order chi connectivity index (χ0) is 20.5. The average molecular weight is 416 g/mol. The Bertz CT molecular complexity index is 955. The van der Waals surface area contributed by atoms with E-state index in [-0.39, 0.29) is 18.1 Å². The van der Waals surface area contributed by atoms with Crippen molar-refractivity contribution in [3.8, 4) is 0 Å². The molecule has 2 heterocycles. The molecule has 2 aromatic rings. The molecule has 1 saturated heterocycles. The van der Waals surface area contributed by atoms with Gasteiger partial charge in [-0.25, -0.2) is 13.4 Å². The monoisotopic (exact) mass is 416 g/mol. The number of hydrogen-bond acceptors (Lipinski definition) is 4. The first-order valence-electron chi connectivity index (χ1n) is 8.49. The quantitative estimate of drug-likeness (QED) is 0.749. The molecule has 1 aromatic carbocycles. The first-order chi connectivity index (χ1) is 13.1. The number of carbonyl (C=O) groups excluding carboxylic acids is 1. The topological polar surface area (TPSA) is 75.5 Å². The van der Waals surface area contributed by atoms with Gasteiger partial charge in [-0.15, -0.1) is 0 Å². The number of imidazole rings is 1. The maximum absolute atomic E-state index is 12.6. The molecule has 1 fully saturated rings. The number of aromatic nitrogens is 2. The molecule has 0 saturated carbocycles. The first-order valence-corrected chi connectivity index (χ1v) is 10.1. The van der Waals surface area contributed by atoms with Crippen LogP contribution in [0.15, 0.2) is 36.7 Å². The van der Waals surface area contributed by atoms with Crippen LogP contribution in [-0.2, 0) is 23.1 Å². The predicted molar refractivity (Wildman–Crippen MR) is 96.3 cm³/mol. The van der Waals surface area contributed by atoms with Crippen molar-refractivity contribution in [2.24, 2.45) is 0 Å². The van der Waals surface area contributed by atoms with Crippen LogP contribution in [0.4, 0.5) is 18.9 Å². The summed E-state index contributed by atoms with van der Waals surface area (Å²) in [5, 5.41) is 0. The summed E-state index contributed by atoms with van der Waals surface area (Å²) in [6.45, 7) is -0.870. The highest BCUT2D eigenvalue weighted by atomic mass is 32.2. The molecule has 0 bridgehead atoms. The van der Waals surface area contributed by atoms with Crippen LogP contribution in [0.5, 0.6) is 0 Å². The van der Waals surface area contributed by atoms with Gasteiger partial charge in [0.1, 0.15) is 12.4 Å². The minimum atomic E-state index is -4.39. The molecule has 0 aliphatic carbocycles. The summed E-state index contributed by atoms with van der Waals surface area (Å²) < 4.78 is 64.0. The lowest BCUT2D eigenvalue weighted by Crippen LogP contribution is -2.29. The third-order valence-corrected chi connectivity index (χ3v) is 6.25. The lowest BCUT2D eigenvalue weighted by Gasteiger charge is -2.20. The summed E-state index contributed by atoms with van der Waals surface area (Å²) >= 11 is 0. The molecule has 0 N–H and O–H groups in total. The van der Waals surface area contributed by atoms with Crippen molar-refractivity contribution in [1.29, 1.82) is 0 Å². The van der Waals surface area contributed by atoms with Crippen LogP contribution in [0.25, 0.3) is 0 Å². The summed E-state index contributed by atoms with van der Waals surface area (Å²) in [6, 6.07) is 6.11. The molecule has 28 heavy (non-hydrogen) atoms. The number of carbonyl (C=O) groups is 1. The van der Waals surface area contributed by atoms with Crippen molar-refractivity contribution >= 4 is 21.6 Å². The number of sulfonamides is 1. The molecule has 3 rings (SSSR count). The Labute approximate surface area is 160 Å². The number of hydrogen-bond donors (Lipinski definition) is 0. The van der Waals surface area contributed by atoms with Crippen molar-refractivity contribution < 1.29 is 26.4 Å². The highest BCUT2D eigenvalue weighted by molar-refractivity contribution is 7.93. The van der Waals surface area contributed by atoms with E-state index in [2.05, 4.69) is 4.98 Å². The summed E-state index contributed by atoms with van der Waals surface area (Å²) in [5.41, 5.74) is 0.786. The van der Waals surface area contributed by atoms with Gasteiger partial charge in [0.15, 0.2) is 0 Å². The van der Waals surface area contributed by atoms with Crippen LogP contribution in [0.2, 0.25) is 0 Å². The lowest BCUT2D eigenvalue weighted by molar-refractivity contribution is -0.141. The Kier molecular flexibility index (Phi) is 5.37. The molecule has 1 amide bonds. The molecule has 1 aliphatic heterocycles. The van der Waals surface area contributed by atoms with E-state index in [4.69, 9.17) is 0 Å². The fourth-order valence-corrected chi connectivity index (χ4v) is 4.60. The van der Waals surface area contributed by atoms with Crippen LogP contribution in [0, 0.1) is 0 Å². The van der Waals surface area contributed by atoms with Crippen LogP contribution in [-0.4, -0.2) is 54.3 Å². The van der Waals surface area contributed by atoms with Gasteiger partial charge in [0.2, 0.25) is 10.0 Å². The zero-order valence-corrected chi connectivity index (χ0v) is 15.9. The molecule has 0 spiro atoms. The fourth-order valence-electron chi connectivity index (χ4n) is 3.03. The lowest BCUT2D eigenvalue weighted by atomic mass is 10.2. The van der Waals surface area contributed by atoms with Gasteiger partial charge in [-0.2, -0.15) is 13.2 Å². The van der Waals surface area contributed by atoms with Crippen LogP contribution >= 0.6 is 0 Å². The van der Waals surface area contributed by atoms with Crippen molar-refractivity contribution in [2.75, 3.05) is 23.7 Å². The number of halogens is 3. The molecule has 152 valence electrons. The van der Waals surface area contributed by atoms with Crippen molar-refractivity contribution in [3.63, 3.8) is 0 Å². The number of benzene rings is 1. The summed E-state index contributed by atoms with van der Waals surface area (Å²) in [5.74, 6) is -0.189. The van der Waals surface area contributed by atoms with E-state index in [9.17, 15) is 26.4 Å². The summed E-state index contributed by atoms with van der Waals surface area (Å²) in [7, 11) is -1.84. The maximum atomic E-state index is 12.6. The number of amides is 1. The average Bonchev–Trinajstić information content (AvgIpc) is 3.18. The Hall–Kier alpha value is -2.56. The summed E-state index contributed by atoms with van der Waals surface area (Å²) in [6.07, 6.45) is -1.36. The highest BCUT2D eigenvalue weighted by Gasteiger charge is 2.30. The van der Waals surface area contributed by atoms with Crippen molar-refractivity contribution in [2.45, 2.75) is 25.7 Å². The van der Waals surface area contributed by atoms with Gasteiger partial charge in [-0.3, -0.25) is 9.10 Å². The van der Waals surface area contributed by atoms with Gasteiger partial charge < -0.3 is 9.47 Å². The zero-order valence-electron chi connectivity index (χ0n) is 15.1. The molecule has 1 aromatic heterocycles. The van der Waals surface area contributed by atoms with Crippen molar-refractivity contribution in [1.82, 2.24) is 14.5 Å². The Balaban J connectivity index is 1.70. The predicted octanol–water partition coefficient (Wildman–Crippen LogP) is 2.26. The Morgan fingerprint density at radius 1 is 1.25 bits per heavy atom. The number of rotatable bonds is 5. The molecule has 0 unspecified atom stereocenters.